The Hall–Kier alpha value is -2.52. The van der Waals surface area contributed by atoms with Gasteiger partial charge in [-0.1, -0.05) is 48.0 Å². The number of ether oxygens (including phenoxy) is 1. The highest BCUT2D eigenvalue weighted by molar-refractivity contribution is 7.89. The lowest BCUT2D eigenvalue weighted by Crippen LogP contribution is -2.43. The second-order valence-electron chi connectivity index (χ2n) is 8.25. The number of methoxy groups -OCH3 is 1. The first-order chi connectivity index (χ1) is 16.3. The first kappa shape index (κ1) is 26.1. The van der Waals surface area contributed by atoms with Gasteiger partial charge >= 0.3 is 0 Å². The summed E-state index contributed by atoms with van der Waals surface area (Å²) < 4.78 is 33.3. The molecule has 0 fully saturated rings. The molecule has 0 aliphatic heterocycles. The smallest absolute Gasteiger partial charge is 0.243 e. The lowest BCUT2D eigenvalue weighted by molar-refractivity contribution is -0.132. The van der Waals surface area contributed by atoms with E-state index in [1.165, 1.54) is 9.18 Å². The van der Waals surface area contributed by atoms with E-state index in [1.54, 1.807) is 47.6 Å². The molecule has 3 aromatic rings. The summed E-state index contributed by atoms with van der Waals surface area (Å²) in [5.41, 5.74) is 1.97. The fraction of sp³-hybridized carbons (Fsp3) is 0.346. The second-order valence-corrected chi connectivity index (χ2v) is 11.6. The highest BCUT2D eigenvalue weighted by Gasteiger charge is 2.28. The molecule has 0 N–H and O–H groups in total. The van der Waals surface area contributed by atoms with Gasteiger partial charge in [0.1, 0.15) is 0 Å². The summed E-state index contributed by atoms with van der Waals surface area (Å²) in [5.74, 6) is -0.233. The molecule has 0 aliphatic carbocycles. The zero-order valence-corrected chi connectivity index (χ0v) is 21.6. The lowest BCUT2D eigenvalue weighted by atomic mass is 10.2. The van der Waals surface area contributed by atoms with Crippen LogP contribution in [0.5, 0.6) is 0 Å². The number of nitrogens with zero attached hydrogens (tertiary/aromatic N) is 2. The van der Waals surface area contributed by atoms with Gasteiger partial charge in [-0.3, -0.25) is 4.79 Å². The second kappa shape index (κ2) is 12.3. The van der Waals surface area contributed by atoms with E-state index in [0.29, 0.717) is 26.1 Å². The Kier molecular flexibility index (Phi) is 9.41. The Labute approximate surface area is 206 Å². The summed E-state index contributed by atoms with van der Waals surface area (Å²) in [6, 6.07) is 20.5. The normalized spacial score (nSPS) is 11.6. The summed E-state index contributed by atoms with van der Waals surface area (Å²) in [4.78, 5) is 17.7. The predicted molar refractivity (Wildman–Crippen MR) is 136 cm³/mol. The number of carbonyl (C=O) groups excluding carboxylic acids is 1. The number of hydrogen-bond acceptors (Lipinski definition) is 5. The van der Waals surface area contributed by atoms with Crippen LogP contribution in [0.3, 0.4) is 0 Å². The Morgan fingerprint density at radius 1 is 0.941 bits per heavy atom. The molecule has 0 spiro atoms. The van der Waals surface area contributed by atoms with E-state index in [-0.39, 0.29) is 23.9 Å². The molecule has 0 bridgehead atoms. The number of thiophene rings is 1. The number of benzene rings is 2. The molecule has 0 unspecified atom stereocenters. The van der Waals surface area contributed by atoms with Crippen LogP contribution >= 0.6 is 11.3 Å². The average molecular weight is 501 g/mol. The Morgan fingerprint density at radius 2 is 1.65 bits per heavy atom. The molecule has 3 rings (SSSR count). The Balaban J connectivity index is 1.85. The van der Waals surface area contributed by atoms with Crippen LogP contribution in [0.1, 0.15) is 27.3 Å². The Bertz CT molecular complexity index is 1160. The van der Waals surface area contributed by atoms with E-state index < -0.39 is 10.0 Å². The van der Waals surface area contributed by atoms with Crippen LogP contribution in [0.15, 0.2) is 71.6 Å². The minimum absolute atomic E-state index is 0.187. The molecule has 2 aromatic carbocycles. The minimum Gasteiger partial charge on any atom is -0.385 e. The van der Waals surface area contributed by atoms with Crippen molar-refractivity contribution in [2.75, 3.05) is 26.8 Å². The van der Waals surface area contributed by atoms with Crippen LogP contribution in [0, 0.1) is 13.8 Å². The molecule has 0 saturated carbocycles. The number of aryl methyl sites for hydroxylation is 2. The van der Waals surface area contributed by atoms with Gasteiger partial charge in [-0.05, 0) is 50.1 Å². The number of rotatable bonds is 12. The monoisotopic (exact) mass is 500 g/mol. The van der Waals surface area contributed by atoms with Crippen molar-refractivity contribution in [2.24, 2.45) is 0 Å². The van der Waals surface area contributed by atoms with Crippen LogP contribution in [0.25, 0.3) is 0 Å². The van der Waals surface area contributed by atoms with Gasteiger partial charge < -0.3 is 9.64 Å². The van der Waals surface area contributed by atoms with Crippen molar-refractivity contribution in [1.82, 2.24) is 9.21 Å². The third kappa shape index (κ3) is 7.24. The number of sulfonamides is 1. The highest BCUT2D eigenvalue weighted by atomic mass is 32.2. The van der Waals surface area contributed by atoms with E-state index in [1.807, 2.05) is 56.3 Å². The maximum atomic E-state index is 13.5. The van der Waals surface area contributed by atoms with Crippen molar-refractivity contribution in [2.45, 2.75) is 38.3 Å². The van der Waals surface area contributed by atoms with Crippen molar-refractivity contribution in [3.8, 4) is 0 Å². The standard InChI is InChI=1S/C26H32N2O4S2/c1-21-10-14-25(15-11-21)34(30,31)28(16-7-17-32-3)20-26(29)27(18-23-8-5-4-6-9-23)19-24-13-12-22(2)33-24/h4-6,8-15H,7,16-20H2,1-3H3. The van der Waals surface area contributed by atoms with Crippen LogP contribution in [0.4, 0.5) is 0 Å². The molecule has 6 nitrogen and oxygen atoms in total. The van der Waals surface area contributed by atoms with Gasteiger partial charge in [-0.2, -0.15) is 4.31 Å². The molecule has 1 heterocycles. The van der Waals surface area contributed by atoms with Gasteiger partial charge in [0.25, 0.3) is 0 Å². The van der Waals surface area contributed by atoms with Crippen molar-refractivity contribution in [3.63, 3.8) is 0 Å². The van der Waals surface area contributed by atoms with E-state index in [9.17, 15) is 13.2 Å². The summed E-state index contributed by atoms with van der Waals surface area (Å²) in [6.45, 7) is 5.17. The van der Waals surface area contributed by atoms with E-state index in [2.05, 4.69) is 0 Å². The average Bonchev–Trinajstić information content (AvgIpc) is 3.23. The van der Waals surface area contributed by atoms with Crippen LogP contribution in [-0.4, -0.2) is 50.3 Å². The minimum atomic E-state index is -3.84. The van der Waals surface area contributed by atoms with Crippen molar-refractivity contribution < 1.29 is 17.9 Å². The number of hydrogen-bond donors (Lipinski definition) is 0. The van der Waals surface area contributed by atoms with Crippen LogP contribution < -0.4 is 0 Å². The molecule has 0 aliphatic rings. The van der Waals surface area contributed by atoms with Gasteiger partial charge in [0, 0.05) is 36.6 Å². The summed E-state index contributed by atoms with van der Waals surface area (Å²) >= 11 is 1.64. The van der Waals surface area contributed by atoms with Gasteiger partial charge in [0.05, 0.1) is 18.0 Å². The molecule has 0 radical (unpaired) electrons. The zero-order chi connectivity index (χ0) is 24.6. The molecule has 0 saturated heterocycles. The quantitative estimate of drug-likeness (QED) is 0.340. The van der Waals surface area contributed by atoms with Crippen molar-refractivity contribution >= 4 is 27.3 Å². The molecule has 1 aromatic heterocycles. The van der Waals surface area contributed by atoms with E-state index in [4.69, 9.17) is 4.74 Å². The predicted octanol–water partition coefficient (Wildman–Crippen LogP) is 4.62. The summed E-state index contributed by atoms with van der Waals surface area (Å²) in [6.07, 6.45) is 0.498. The molecule has 182 valence electrons. The first-order valence-electron chi connectivity index (χ1n) is 11.2. The van der Waals surface area contributed by atoms with Gasteiger partial charge in [-0.25, -0.2) is 8.42 Å². The Morgan fingerprint density at radius 3 is 2.26 bits per heavy atom. The number of amides is 1. The van der Waals surface area contributed by atoms with E-state index >= 15 is 0 Å². The van der Waals surface area contributed by atoms with Gasteiger partial charge in [-0.15, -0.1) is 11.3 Å². The molecule has 8 heteroatoms. The molecular weight excluding hydrogens is 468 g/mol. The maximum Gasteiger partial charge on any atom is 0.243 e. The van der Waals surface area contributed by atoms with Gasteiger partial charge in [0.2, 0.25) is 15.9 Å². The maximum absolute atomic E-state index is 13.5. The summed E-state index contributed by atoms with van der Waals surface area (Å²) in [7, 11) is -2.26. The molecule has 0 atom stereocenters. The molecular formula is C26H32N2O4S2. The third-order valence-corrected chi connectivity index (χ3v) is 8.28. The topological polar surface area (TPSA) is 66.9 Å². The number of carbonyl (C=O) groups is 1. The molecule has 34 heavy (non-hydrogen) atoms. The SMILES string of the molecule is COCCCN(CC(=O)N(Cc1ccccc1)Cc1ccc(C)s1)S(=O)(=O)c1ccc(C)cc1. The van der Waals surface area contributed by atoms with Crippen molar-refractivity contribution in [3.05, 3.63) is 87.6 Å². The van der Waals surface area contributed by atoms with Crippen molar-refractivity contribution in [1.29, 1.82) is 0 Å². The lowest BCUT2D eigenvalue weighted by Gasteiger charge is -2.27. The first-order valence-corrected chi connectivity index (χ1v) is 13.5. The van der Waals surface area contributed by atoms with Gasteiger partial charge in [0.15, 0.2) is 0 Å². The van der Waals surface area contributed by atoms with Crippen LogP contribution in [0.2, 0.25) is 0 Å². The third-order valence-electron chi connectivity index (χ3n) is 5.44. The fourth-order valence-corrected chi connectivity index (χ4v) is 5.91. The fourth-order valence-electron chi connectivity index (χ4n) is 3.57. The van der Waals surface area contributed by atoms with Crippen LogP contribution in [-0.2, 0) is 32.6 Å². The molecule has 1 amide bonds. The summed E-state index contributed by atoms with van der Waals surface area (Å²) in [5, 5.41) is 0. The highest BCUT2D eigenvalue weighted by Crippen LogP contribution is 2.21. The van der Waals surface area contributed by atoms with E-state index in [0.717, 1.165) is 16.0 Å². The largest absolute Gasteiger partial charge is 0.385 e. The zero-order valence-electron chi connectivity index (χ0n) is 19.9.